The van der Waals surface area contributed by atoms with Crippen molar-refractivity contribution < 1.29 is 4.39 Å². The highest BCUT2D eigenvalue weighted by Gasteiger charge is 2.19. The highest BCUT2D eigenvalue weighted by molar-refractivity contribution is 5.91. The van der Waals surface area contributed by atoms with E-state index in [4.69, 9.17) is 9.97 Å². The predicted octanol–water partition coefficient (Wildman–Crippen LogP) is 5.89. The Morgan fingerprint density at radius 2 is 1.67 bits per heavy atom. The molecule has 0 fully saturated rings. The van der Waals surface area contributed by atoms with Crippen LogP contribution in [0.5, 0.6) is 0 Å². The van der Waals surface area contributed by atoms with E-state index in [0.717, 1.165) is 65.0 Å². The van der Waals surface area contributed by atoms with Gasteiger partial charge in [-0.15, -0.1) is 0 Å². The molecule has 1 aliphatic rings. The van der Waals surface area contributed by atoms with Crippen molar-refractivity contribution in [2.24, 2.45) is 0 Å². The van der Waals surface area contributed by atoms with Crippen LogP contribution < -0.4 is 5.32 Å². The molecule has 0 unspecified atom stereocenters. The molecule has 0 atom stereocenters. The van der Waals surface area contributed by atoms with E-state index in [1.807, 2.05) is 42.5 Å². The van der Waals surface area contributed by atoms with Crippen LogP contribution in [0.25, 0.3) is 22.3 Å². The zero-order valence-corrected chi connectivity index (χ0v) is 16.8. The second-order valence-corrected chi connectivity index (χ2v) is 7.77. The lowest BCUT2D eigenvalue weighted by molar-refractivity contribution is 0.486. The molecule has 0 saturated heterocycles. The standard InChI is InChI=1S/C24H24FN5/c25-15-16-9-5-6-10-17(16)22-26-20-13-4-2-1-3-11-18(20)23(27-22)28-24-19-12-7-8-14-21(19)29-30-24/h5-10,12,14H,1-4,11,13,15H2,(H2,26,27,28,29,30). The van der Waals surface area contributed by atoms with E-state index in [2.05, 4.69) is 15.5 Å². The molecule has 0 aliphatic heterocycles. The minimum atomic E-state index is -0.538. The maximum atomic E-state index is 13.6. The first-order valence-electron chi connectivity index (χ1n) is 10.6. The third-order valence-corrected chi connectivity index (χ3v) is 5.79. The Bertz CT molecular complexity index is 1180. The summed E-state index contributed by atoms with van der Waals surface area (Å²) in [5.74, 6) is 2.10. The summed E-state index contributed by atoms with van der Waals surface area (Å²) in [5, 5.41) is 12.0. The van der Waals surface area contributed by atoms with Crippen molar-refractivity contribution in [2.45, 2.75) is 45.2 Å². The molecule has 4 aromatic rings. The molecule has 0 radical (unpaired) electrons. The third kappa shape index (κ3) is 3.54. The zero-order chi connectivity index (χ0) is 20.3. The van der Waals surface area contributed by atoms with Crippen LogP contribution in [0, 0.1) is 0 Å². The molecule has 2 N–H and O–H groups in total. The van der Waals surface area contributed by atoms with Gasteiger partial charge in [0.15, 0.2) is 11.6 Å². The number of halogens is 1. The Morgan fingerprint density at radius 1 is 0.867 bits per heavy atom. The van der Waals surface area contributed by atoms with Gasteiger partial charge in [-0.2, -0.15) is 5.10 Å². The van der Waals surface area contributed by atoms with E-state index in [-0.39, 0.29) is 0 Å². The zero-order valence-electron chi connectivity index (χ0n) is 16.8. The summed E-state index contributed by atoms with van der Waals surface area (Å²) in [6.07, 6.45) is 6.51. The van der Waals surface area contributed by atoms with E-state index >= 15 is 0 Å². The van der Waals surface area contributed by atoms with Crippen molar-refractivity contribution in [3.63, 3.8) is 0 Å². The molecular formula is C24H24FN5. The van der Waals surface area contributed by atoms with E-state index < -0.39 is 6.67 Å². The van der Waals surface area contributed by atoms with Gasteiger partial charge in [-0.25, -0.2) is 14.4 Å². The Kier molecular flexibility index (Phi) is 5.13. The maximum absolute atomic E-state index is 13.6. The Morgan fingerprint density at radius 3 is 2.57 bits per heavy atom. The van der Waals surface area contributed by atoms with Crippen LogP contribution in [-0.2, 0) is 19.5 Å². The SMILES string of the molecule is FCc1ccccc1-c1nc2c(c(Nc3n[nH]c4ccccc34)n1)CCCCCC2. The maximum Gasteiger partial charge on any atom is 0.162 e. The fourth-order valence-electron chi connectivity index (χ4n) is 4.20. The van der Waals surface area contributed by atoms with E-state index in [1.54, 1.807) is 6.07 Å². The quantitative estimate of drug-likeness (QED) is 0.447. The van der Waals surface area contributed by atoms with Crippen molar-refractivity contribution in [1.29, 1.82) is 0 Å². The van der Waals surface area contributed by atoms with Crippen LogP contribution in [0.2, 0.25) is 0 Å². The summed E-state index contributed by atoms with van der Waals surface area (Å²) >= 11 is 0. The number of H-pyrrole nitrogens is 1. The average Bonchev–Trinajstić information content (AvgIpc) is 3.17. The number of nitrogens with zero attached hydrogens (tertiary/aromatic N) is 3. The number of anilines is 2. The summed E-state index contributed by atoms with van der Waals surface area (Å²) in [5.41, 5.74) is 4.55. The first kappa shape index (κ1) is 18.7. The average molecular weight is 401 g/mol. The molecule has 6 heteroatoms. The Hall–Kier alpha value is -3.28. The second-order valence-electron chi connectivity index (χ2n) is 7.77. The molecule has 0 bridgehead atoms. The minimum Gasteiger partial charge on any atom is -0.323 e. The van der Waals surface area contributed by atoms with Gasteiger partial charge in [0.2, 0.25) is 0 Å². The number of fused-ring (bicyclic) bond motifs is 2. The van der Waals surface area contributed by atoms with Crippen LogP contribution in [0.1, 0.15) is 42.5 Å². The molecule has 5 nitrogen and oxygen atoms in total. The lowest BCUT2D eigenvalue weighted by atomic mass is 9.97. The number of aromatic nitrogens is 4. The van der Waals surface area contributed by atoms with Crippen molar-refractivity contribution in [3.8, 4) is 11.4 Å². The van der Waals surface area contributed by atoms with E-state index in [9.17, 15) is 4.39 Å². The normalized spacial score (nSPS) is 14.2. The van der Waals surface area contributed by atoms with Gasteiger partial charge in [-0.05, 0) is 43.4 Å². The third-order valence-electron chi connectivity index (χ3n) is 5.79. The topological polar surface area (TPSA) is 66.5 Å². The van der Waals surface area contributed by atoms with Gasteiger partial charge in [0.1, 0.15) is 12.5 Å². The number of rotatable bonds is 4. The summed E-state index contributed by atoms with van der Waals surface area (Å²) in [6, 6.07) is 15.5. The van der Waals surface area contributed by atoms with E-state index in [0.29, 0.717) is 11.4 Å². The Balaban J connectivity index is 1.65. The number of aryl methyl sites for hydroxylation is 1. The molecule has 5 rings (SSSR count). The molecule has 2 aromatic heterocycles. The van der Waals surface area contributed by atoms with Gasteiger partial charge in [-0.1, -0.05) is 49.2 Å². The van der Waals surface area contributed by atoms with Gasteiger partial charge in [0.05, 0.1) is 5.52 Å². The van der Waals surface area contributed by atoms with Gasteiger partial charge in [0, 0.05) is 22.2 Å². The molecule has 30 heavy (non-hydrogen) atoms. The molecule has 0 amide bonds. The lowest BCUT2D eigenvalue weighted by Gasteiger charge is -2.19. The second kappa shape index (κ2) is 8.22. The molecule has 0 spiro atoms. The van der Waals surface area contributed by atoms with Crippen molar-refractivity contribution in [2.75, 3.05) is 5.32 Å². The molecule has 0 saturated carbocycles. The molecule has 2 heterocycles. The van der Waals surface area contributed by atoms with Crippen molar-refractivity contribution >= 4 is 22.5 Å². The van der Waals surface area contributed by atoms with Gasteiger partial charge in [-0.3, -0.25) is 5.10 Å². The van der Waals surface area contributed by atoms with Crippen LogP contribution >= 0.6 is 0 Å². The summed E-state index contributed by atoms with van der Waals surface area (Å²) in [4.78, 5) is 9.78. The lowest BCUT2D eigenvalue weighted by Crippen LogP contribution is -2.11. The number of alkyl halides is 1. The molecule has 2 aromatic carbocycles. The predicted molar refractivity (Wildman–Crippen MR) is 118 cm³/mol. The van der Waals surface area contributed by atoms with Crippen LogP contribution in [0.4, 0.5) is 16.0 Å². The number of hydrogen-bond acceptors (Lipinski definition) is 4. The van der Waals surface area contributed by atoms with E-state index in [1.165, 1.54) is 12.8 Å². The number of nitrogens with one attached hydrogen (secondary N) is 2. The van der Waals surface area contributed by atoms with Gasteiger partial charge < -0.3 is 5.32 Å². The number of aromatic amines is 1. The summed E-state index contributed by atoms with van der Waals surface area (Å²) < 4.78 is 13.6. The van der Waals surface area contributed by atoms with Crippen molar-refractivity contribution in [1.82, 2.24) is 20.2 Å². The summed E-state index contributed by atoms with van der Waals surface area (Å²) in [6.45, 7) is -0.538. The monoisotopic (exact) mass is 401 g/mol. The fourth-order valence-corrected chi connectivity index (χ4v) is 4.20. The fraction of sp³-hybridized carbons (Fsp3) is 0.292. The number of benzene rings is 2. The first-order valence-corrected chi connectivity index (χ1v) is 10.6. The van der Waals surface area contributed by atoms with Crippen LogP contribution in [0.15, 0.2) is 48.5 Å². The summed E-state index contributed by atoms with van der Waals surface area (Å²) in [7, 11) is 0. The minimum absolute atomic E-state index is 0.538. The van der Waals surface area contributed by atoms with Crippen LogP contribution in [-0.4, -0.2) is 20.2 Å². The van der Waals surface area contributed by atoms with Gasteiger partial charge >= 0.3 is 0 Å². The van der Waals surface area contributed by atoms with Crippen molar-refractivity contribution in [3.05, 3.63) is 65.4 Å². The number of para-hydroxylation sites is 1. The smallest absolute Gasteiger partial charge is 0.162 e. The first-order chi connectivity index (χ1) is 14.8. The number of hydrogen-bond donors (Lipinski definition) is 2. The largest absolute Gasteiger partial charge is 0.323 e. The highest BCUT2D eigenvalue weighted by atomic mass is 19.1. The molecular weight excluding hydrogens is 377 g/mol. The highest BCUT2D eigenvalue weighted by Crippen LogP contribution is 2.32. The molecule has 152 valence electrons. The molecule has 1 aliphatic carbocycles. The van der Waals surface area contributed by atoms with Crippen LogP contribution in [0.3, 0.4) is 0 Å². The Labute approximate surface area is 174 Å². The van der Waals surface area contributed by atoms with Gasteiger partial charge in [0.25, 0.3) is 0 Å².